The lowest BCUT2D eigenvalue weighted by Crippen LogP contribution is -3.29. The van der Waals surface area contributed by atoms with Crippen LogP contribution < -0.4 is 9.80 Å². The molecule has 0 bridgehead atoms. The number of piperidine rings is 1. The molecule has 4 heteroatoms. The van der Waals surface area contributed by atoms with Crippen molar-refractivity contribution in [2.45, 2.75) is 32.4 Å². The molecule has 2 saturated heterocycles. The highest BCUT2D eigenvalue weighted by molar-refractivity contribution is 5.73. The summed E-state index contributed by atoms with van der Waals surface area (Å²) in [5.41, 5.74) is 1.45. The van der Waals surface area contributed by atoms with Crippen LogP contribution in [0, 0.1) is 0 Å². The molecule has 0 aromatic heterocycles. The first-order chi connectivity index (χ1) is 10.7. The number of quaternary nitrogens is 2. The number of benzene rings is 1. The molecule has 0 aliphatic carbocycles. The van der Waals surface area contributed by atoms with Gasteiger partial charge in [-0.1, -0.05) is 30.3 Å². The second kappa shape index (κ2) is 7.25. The van der Waals surface area contributed by atoms with Crippen LogP contribution in [0.1, 0.15) is 25.3 Å². The summed E-state index contributed by atoms with van der Waals surface area (Å²) in [6.45, 7) is 9.90. The van der Waals surface area contributed by atoms with Gasteiger partial charge in [0.15, 0.2) is 0 Å². The minimum atomic E-state index is 0.241. The Balaban J connectivity index is 1.43. The summed E-state index contributed by atoms with van der Waals surface area (Å²) in [6.07, 6.45) is 2.37. The van der Waals surface area contributed by atoms with E-state index in [4.69, 9.17) is 0 Å². The fourth-order valence-corrected chi connectivity index (χ4v) is 4.00. The molecule has 3 rings (SSSR count). The second-order valence-electron chi connectivity index (χ2n) is 6.85. The number of carbonyl (C=O) groups excluding carboxylic acids is 1. The number of nitrogens with zero attached hydrogens (tertiary/aromatic N) is 1. The molecule has 2 aliphatic rings. The van der Waals surface area contributed by atoms with Crippen molar-refractivity contribution in [3.63, 3.8) is 0 Å². The van der Waals surface area contributed by atoms with E-state index in [2.05, 4.69) is 30.3 Å². The molecular weight excluding hydrogens is 274 g/mol. The molecule has 2 aliphatic heterocycles. The van der Waals surface area contributed by atoms with Crippen molar-refractivity contribution in [1.82, 2.24) is 4.90 Å². The number of hydrogen-bond donors (Lipinski definition) is 2. The molecular formula is C18H29N3O+2. The van der Waals surface area contributed by atoms with Crippen LogP contribution in [-0.2, 0) is 11.3 Å². The van der Waals surface area contributed by atoms with Crippen molar-refractivity contribution in [2.75, 3.05) is 39.3 Å². The number of likely N-dealkylation sites (tertiary alicyclic amines) is 1. The maximum atomic E-state index is 11.4. The quantitative estimate of drug-likeness (QED) is 0.735. The summed E-state index contributed by atoms with van der Waals surface area (Å²) in [5.74, 6) is 0.241. The van der Waals surface area contributed by atoms with Crippen LogP contribution in [0.15, 0.2) is 30.3 Å². The summed E-state index contributed by atoms with van der Waals surface area (Å²) >= 11 is 0. The lowest BCUT2D eigenvalue weighted by Gasteiger charge is -2.38. The van der Waals surface area contributed by atoms with Crippen LogP contribution in [0.4, 0.5) is 0 Å². The van der Waals surface area contributed by atoms with Gasteiger partial charge in [0.1, 0.15) is 32.7 Å². The van der Waals surface area contributed by atoms with Gasteiger partial charge >= 0.3 is 0 Å². The monoisotopic (exact) mass is 303 g/mol. The third-order valence-corrected chi connectivity index (χ3v) is 5.41. The highest BCUT2D eigenvalue weighted by atomic mass is 16.2. The smallest absolute Gasteiger partial charge is 0.219 e. The zero-order chi connectivity index (χ0) is 15.4. The predicted octanol–water partition coefficient (Wildman–Crippen LogP) is -1.02. The first-order valence-electron chi connectivity index (χ1n) is 8.70. The van der Waals surface area contributed by atoms with Crippen molar-refractivity contribution >= 4 is 5.91 Å². The van der Waals surface area contributed by atoms with E-state index in [0.29, 0.717) is 0 Å². The van der Waals surface area contributed by atoms with E-state index in [1.165, 1.54) is 44.6 Å². The van der Waals surface area contributed by atoms with E-state index >= 15 is 0 Å². The van der Waals surface area contributed by atoms with Gasteiger partial charge in [-0.2, -0.15) is 0 Å². The summed E-state index contributed by atoms with van der Waals surface area (Å²) in [5, 5.41) is 0. The minimum absolute atomic E-state index is 0.241. The molecule has 0 radical (unpaired) electrons. The van der Waals surface area contributed by atoms with Gasteiger partial charge in [-0.05, 0) is 0 Å². The van der Waals surface area contributed by atoms with Gasteiger partial charge in [0.2, 0.25) is 5.91 Å². The maximum Gasteiger partial charge on any atom is 0.219 e. The predicted molar refractivity (Wildman–Crippen MR) is 86.8 cm³/mol. The van der Waals surface area contributed by atoms with Crippen molar-refractivity contribution in [2.24, 2.45) is 0 Å². The van der Waals surface area contributed by atoms with Crippen molar-refractivity contribution in [3.05, 3.63) is 35.9 Å². The Morgan fingerprint density at radius 1 is 1.09 bits per heavy atom. The van der Waals surface area contributed by atoms with Crippen LogP contribution in [0.3, 0.4) is 0 Å². The van der Waals surface area contributed by atoms with Gasteiger partial charge < -0.3 is 14.7 Å². The van der Waals surface area contributed by atoms with Crippen LogP contribution in [0.5, 0.6) is 0 Å². The number of amides is 1. The third kappa shape index (κ3) is 3.87. The fraction of sp³-hybridized carbons (Fsp3) is 0.611. The Kier molecular flexibility index (Phi) is 5.11. The second-order valence-corrected chi connectivity index (χ2v) is 6.85. The molecule has 2 heterocycles. The van der Waals surface area contributed by atoms with E-state index in [1.807, 2.05) is 4.90 Å². The molecule has 1 amide bonds. The van der Waals surface area contributed by atoms with Gasteiger partial charge in [-0.25, -0.2) is 0 Å². The van der Waals surface area contributed by atoms with Gasteiger partial charge in [0.25, 0.3) is 0 Å². The lowest BCUT2D eigenvalue weighted by molar-refractivity contribution is -1.03. The summed E-state index contributed by atoms with van der Waals surface area (Å²) < 4.78 is 0. The summed E-state index contributed by atoms with van der Waals surface area (Å²) in [7, 11) is 0. The molecule has 120 valence electrons. The third-order valence-electron chi connectivity index (χ3n) is 5.41. The van der Waals surface area contributed by atoms with Crippen LogP contribution in [0.2, 0.25) is 0 Å². The van der Waals surface area contributed by atoms with Crippen LogP contribution >= 0.6 is 0 Å². The molecule has 2 fully saturated rings. The van der Waals surface area contributed by atoms with E-state index < -0.39 is 0 Å². The van der Waals surface area contributed by atoms with Crippen molar-refractivity contribution in [1.29, 1.82) is 0 Å². The molecule has 22 heavy (non-hydrogen) atoms. The highest BCUT2D eigenvalue weighted by Crippen LogP contribution is 2.08. The number of carbonyl (C=O) groups is 1. The average molecular weight is 303 g/mol. The SMILES string of the molecule is CC(=O)N1CCC([NH+]2CC[NH+](Cc3ccccc3)CC2)CC1. The standard InChI is InChI=1S/C18H27N3O/c1-16(22)20-9-7-18(8-10-20)21-13-11-19(12-14-21)15-17-5-3-2-4-6-17/h2-6,18H,7-15H2,1H3/p+2. The first kappa shape index (κ1) is 15.5. The molecule has 2 N–H and O–H groups in total. The van der Waals surface area contributed by atoms with Gasteiger partial charge in [-0.3, -0.25) is 4.79 Å². The van der Waals surface area contributed by atoms with Crippen molar-refractivity contribution in [3.8, 4) is 0 Å². The topological polar surface area (TPSA) is 29.2 Å². The van der Waals surface area contributed by atoms with Gasteiger partial charge in [0, 0.05) is 38.4 Å². The average Bonchev–Trinajstić information content (AvgIpc) is 2.57. The zero-order valence-electron chi connectivity index (χ0n) is 13.7. The Bertz CT molecular complexity index is 474. The zero-order valence-corrected chi connectivity index (χ0v) is 13.7. The fourth-order valence-electron chi connectivity index (χ4n) is 4.00. The van der Waals surface area contributed by atoms with E-state index in [0.717, 1.165) is 25.7 Å². The molecule has 0 atom stereocenters. The molecule has 1 aromatic rings. The molecule has 0 spiro atoms. The Hall–Kier alpha value is -1.39. The van der Waals surface area contributed by atoms with Crippen molar-refractivity contribution < 1.29 is 14.6 Å². The Labute approximate surface area is 133 Å². The number of piperazine rings is 1. The Morgan fingerprint density at radius 2 is 1.73 bits per heavy atom. The largest absolute Gasteiger partial charge is 0.342 e. The molecule has 1 aromatic carbocycles. The van der Waals surface area contributed by atoms with Crippen LogP contribution in [-0.4, -0.2) is 56.1 Å². The lowest BCUT2D eigenvalue weighted by atomic mass is 10.0. The maximum absolute atomic E-state index is 11.4. The molecule has 0 unspecified atom stereocenters. The summed E-state index contributed by atoms with van der Waals surface area (Å²) in [4.78, 5) is 16.9. The van der Waals surface area contributed by atoms with Gasteiger partial charge in [0.05, 0.1) is 6.04 Å². The molecule has 4 nitrogen and oxygen atoms in total. The Morgan fingerprint density at radius 3 is 2.32 bits per heavy atom. The number of hydrogen-bond acceptors (Lipinski definition) is 1. The first-order valence-corrected chi connectivity index (χ1v) is 8.70. The highest BCUT2D eigenvalue weighted by Gasteiger charge is 2.32. The number of nitrogens with one attached hydrogen (secondary N) is 2. The molecule has 0 saturated carbocycles. The summed E-state index contributed by atoms with van der Waals surface area (Å²) in [6, 6.07) is 11.6. The van der Waals surface area contributed by atoms with E-state index in [1.54, 1.807) is 16.7 Å². The van der Waals surface area contributed by atoms with Gasteiger partial charge in [-0.15, -0.1) is 0 Å². The van der Waals surface area contributed by atoms with Crippen LogP contribution in [0.25, 0.3) is 0 Å². The normalized spacial score (nSPS) is 26.9. The minimum Gasteiger partial charge on any atom is -0.342 e. The van der Waals surface area contributed by atoms with E-state index in [-0.39, 0.29) is 5.91 Å². The van der Waals surface area contributed by atoms with E-state index in [9.17, 15) is 4.79 Å². The number of rotatable bonds is 3.